The van der Waals surface area contributed by atoms with Crippen LogP contribution in [-0.2, 0) is 0 Å². The molecule has 0 aliphatic heterocycles. The summed E-state index contributed by atoms with van der Waals surface area (Å²) < 4.78 is 6.99. The summed E-state index contributed by atoms with van der Waals surface area (Å²) >= 11 is 0. The Morgan fingerprint density at radius 1 is 0.240 bits per heavy atom. The van der Waals surface area contributed by atoms with Gasteiger partial charge in [-0.05, 0) is 140 Å². The van der Waals surface area contributed by atoms with Gasteiger partial charge >= 0.3 is 0 Å². The molecule has 6 heteroatoms. The van der Waals surface area contributed by atoms with Gasteiger partial charge < -0.3 is 4.74 Å². The van der Waals surface area contributed by atoms with Crippen LogP contribution < -0.4 is 4.74 Å². The third kappa shape index (κ3) is 8.98. The molecule has 13 rings (SSSR count). The van der Waals surface area contributed by atoms with Gasteiger partial charge in [0.1, 0.15) is 11.3 Å². The van der Waals surface area contributed by atoms with Gasteiger partial charge in [0, 0.05) is 63.9 Å². The van der Waals surface area contributed by atoms with Gasteiger partial charge in [0.05, 0.1) is 22.6 Å². The zero-order valence-corrected chi connectivity index (χ0v) is 40.6. The Morgan fingerprint density at radius 2 is 0.640 bits per heavy atom. The summed E-state index contributed by atoms with van der Waals surface area (Å²) in [5, 5.41) is 2.01. The molecule has 13 aromatic rings. The van der Waals surface area contributed by atoms with E-state index in [1.807, 2.05) is 91.5 Å². The Kier molecular flexibility index (Phi) is 11.8. The van der Waals surface area contributed by atoms with Crippen LogP contribution in [0.3, 0.4) is 0 Å². The Balaban J connectivity index is 0.980. The molecule has 5 heterocycles. The van der Waals surface area contributed by atoms with Crippen LogP contribution in [0, 0.1) is 0 Å². The van der Waals surface area contributed by atoms with Crippen LogP contribution in [0.15, 0.2) is 274 Å². The summed E-state index contributed by atoms with van der Waals surface area (Å²) in [4.78, 5) is 23.8. The summed E-state index contributed by atoms with van der Waals surface area (Å²) in [6, 6.07) is 86.9. The lowest BCUT2D eigenvalue weighted by atomic mass is 9.86. The van der Waals surface area contributed by atoms with E-state index in [1.54, 1.807) is 0 Å². The summed E-state index contributed by atoms with van der Waals surface area (Å²) in [6.07, 6.45) is 7.30. The maximum absolute atomic E-state index is 6.99. The molecule has 0 N–H and O–H groups in total. The topological polar surface area (TPSA) is 73.7 Å². The minimum atomic E-state index is 0.469. The van der Waals surface area contributed by atoms with E-state index >= 15 is 0 Å². The van der Waals surface area contributed by atoms with E-state index in [4.69, 9.17) is 19.7 Å². The fourth-order valence-corrected chi connectivity index (χ4v) is 10.1. The van der Waals surface area contributed by atoms with E-state index in [1.165, 1.54) is 0 Å². The van der Waals surface area contributed by atoms with Crippen molar-refractivity contribution < 1.29 is 4.74 Å². The van der Waals surface area contributed by atoms with Crippen LogP contribution in [0.1, 0.15) is 0 Å². The van der Waals surface area contributed by atoms with Crippen molar-refractivity contribution in [3.8, 4) is 112 Å². The highest BCUT2D eigenvalue weighted by Gasteiger charge is 2.20. The lowest BCUT2D eigenvalue weighted by molar-refractivity contribution is 0.467. The van der Waals surface area contributed by atoms with Gasteiger partial charge in [0.25, 0.3) is 0 Å². The number of benzene rings is 8. The van der Waals surface area contributed by atoms with Crippen molar-refractivity contribution in [2.45, 2.75) is 0 Å². The third-order valence-corrected chi connectivity index (χ3v) is 13.8. The van der Waals surface area contributed by atoms with Crippen molar-refractivity contribution in [2.75, 3.05) is 0 Å². The molecule has 0 saturated heterocycles. The molecule has 5 aromatic heterocycles. The van der Waals surface area contributed by atoms with E-state index in [0.29, 0.717) is 11.6 Å². The predicted molar refractivity (Wildman–Crippen MR) is 306 cm³/mol. The largest absolute Gasteiger partial charge is 0.438 e. The van der Waals surface area contributed by atoms with E-state index in [-0.39, 0.29) is 0 Å². The highest BCUT2D eigenvalue weighted by molar-refractivity contribution is 6.03. The first-order valence-corrected chi connectivity index (χ1v) is 25.0. The molecule has 0 aliphatic rings. The molecular weight excluding hydrogens is 915 g/mol. The molecule has 0 radical (unpaired) electrons. The number of aromatic nitrogens is 5. The number of nitrogens with zero attached hydrogens (tertiary/aromatic N) is 5. The minimum absolute atomic E-state index is 0.469. The second-order valence-corrected chi connectivity index (χ2v) is 18.4. The molecule has 0 spiro atoms. The van der Waals surface area contributed by atoms with E-state index < -0.39 is 0 Å². The van der Waals surface area contributed by atoms with Crippen LogP contribution in [0.2, 0.25) is 0 Å². The highest BCUT2D eigenvalue weighted by Crippen LogP contribution is 2.45. The van der Waals surface area contributed by atoms with Crippen molar-refractivity contribution in [3.63, 3.8) is 0 Å². The first-order chi connectivity index (χ1) is 37.2. The molecule has 0 unspecified atom stereocenters. The number of hydrogen-bond donors (Lipinski definition) is 0. The number of ether oxygens (including phenoxy) is 1. The van der Waals surface area contributed by atoms with Crippen molar-refractivity contribution in [1.29, 1.82) is 0 Å². The van der Waals surface area contributed by atoms with Crippen LogP contribution in [-0.4, -0.2) is 24.9 Å². The molecule has 6 nitrogen and oxygen atoms in total. The van der Waals surface area contributed by atoms with Crippen molar-refractivity contribution in [1.82, 2.24) is 24.9 Å². The second-order valence-electron chi connectivity index (χ2n) is 18.4. The lowest BCUT2D eigenvalue weighted by Crippen LogP contribution is -1.95. The fraction of sp³-hybridized carbons (Fsp3) is 0. The predicted octanol–water partition coefficient (Wildman–Crippen LogP) is 17.8. The molecule has 0 atom stereocenters. The van der Waals surface area contributed by atoms with Crippen molar-refractivity contribution in [3.05, 3.63) is 274 Å². The van der Waals surface area contributed by atoms with Crippen LogP contribution in [0.25, 0.3) is 122 Å². The van der Waals surface area contributed by atoms with Gasteiger partial charge in [-0.15, -0.1) is 0 Å². The Morgan fingerprint density at radius 3 is 1.15 bits per heavy atom. The Hall–Kier alpha value is -10.2. The normalized spacial score (nSPS) is 11.2. The molecule has 0 aliphatic carbocycles. The average Bonchev–Trinajstić information content (AvgIpc) is 3.50. The first kappa shape index (κ1) is 44.7. The maximum Gasteiger partial charge on any atom is 0.219 e. The van der Waals surface area contributed by atoms with E-state index in [9.17, 15) is 0 Å². The first-order valence-electron chi connectivity index (χ1n) is 25.0. The SMILES string of the molecule is c1ccc(-c2ccc(-c3ccccc3-c3cc(-c4ccccc4-c4ccc(-c5ccccn5)cc4)cc(-c4ccccc4-c4ccc(-c5ccccn5)cc4Oc4ccc5ccc6cccnc6c5n4)c3)cc2)nc1. The molecule has 0 bridgehead atoms. The van der Waals surface area contributed by atoms with Gasteiger partial charge in [-0.1, -0.05) is 164 Å². The Labute approximate surface area is 435 Å². The van der Waals surface area contributed by atoms with Gasteiger partial charge in [-0.2, -0.15) is 0 Å². The molecular formula is C69H45N5O. The molecule has 8 aromatic carbocycles. The monoisotopic (exact) mass is 959 g/mol. The number of fused-ring (bicyclic) bond motifs is 3. The van der Waals surface area contributed by atoms with Crippen molar-refractivity contribution in [2.24, 2.45) is 0 Å². The number of rotatable bonds is 11. The van der Waals surface area contributed by atoms with Crippen LogP contribution in [0.5, 0.6) is 11.6 Å². The lowest BCUT2D eigenvalue weighted by Gasteiger charge is -2.19. The smallest absolute Gasteiger partial charge is 0.219 e. The van der Waals surface area contributed by atoms with Gasteiger partial charge in [-0.25, -0.2) is 4.98 Å². The van der Waals surface area contributed by atoms with Crippen LogP contribution in [0.4, 0.5) is 0 Å². The zero-order chi connectivity index (χ0) is 49.9. The van der Waals surface area contributed by atoms with Crippen molar-refractivity contribution >= 4 is 21.8 Å². The number of hydrogen-bond acceptors (Lipinski definition) is 6. The van der Waals surface area contributed by atoms with E-state index in [0.717, 1.165) is 122 Å². The van der Waals surface area contributed by atoms with Gasteiger partial charge in [0.15, 0.2) is 0 Å². The summed E-state index contributed by atoms with van der Waals surface area (Å²) in [6.45, 7) is 0. The standard InChI is InChI=1S/C69H45N5O/c1-3-17-58(56(15-1)46-24-28-48(29-25-46)63-21-7-10-38-70-63)53-42-54(59-18-4-2-16-57(59)47-26-30-49(31-27-47)64-22-8-11-39-71-64)44-55(43-53)60-19-5-6-20-61(60)62-36-34-52(65-23-9-12-40-72-65)45-66(62)75-67-37-35-51-33-32-50-14-13-41-73-68(50)69(51)74-67/h1-45H. The fourth-order valence-electron chi connectivity index (χ4n) is 10.1. The quantitative estimate of drug-likeness (QED) is 0.120. The summed E-state index contributed by atoms with van der Waals surface area (Å²) in [5.41, 5.74) is 20.3. The van der Waals surface area contributed by atoms with Crippen LogP contribution >= 0.6 is 0 Å². The van der Waals surface area contributed by atoms with E-state index in [2.05, 4.69) is 192 Å². The highest BCUT2D eigenvalue weighted by atomic mass is 16.5. The molecule has 75 heavy (non-hydrogen) atoms. The van der Waals surface area contributed by atoms with Gasteiger partial charge in [-0.3, -0.25) is 19.9 Å². The maximum atomic E-state index is 6.99. The second kappa shape index (κ2) is 19.8. The summed E-state index contributed by atoms with van der Waals surface area (Å²) in [5.74, 6) is 1.12. The molecule has 0 saturated carbocycles. The Bertz CT molecular complexity index is 4040. The molecule has 0 amide bonds. The average molecular weight is 960 g/mol. The minimum Gasteiger partial charge on any atom is -0.438 e. The van der Waals surface area contributed by atoms with Gasteiger partial charge in [0.2, 0.25) is 5.88 Å². The molecule has 0 fully saturated rings. The molecule has 352 valence electrons. The zero-order valence-electron chi connectivity index (χ0n) is 40.6. The number of pyridine rings is 5. The third-order valence-electron chi connectivity index (χ3n) is 13.8. The summed E-state index contributed by atoms with van der Waals surface area (Å²) in [7, 11) is 0.